The highest BCUT2D eigenvalue weighted by molar-refractivity contribution is 7.80. The predicted octanol–water partition coefficient (Wildman–Crippen LogP) is 4.16. The summed E-state index contributed by atoms with van der Waals surface area (Å²) in [6.07, 6.45) is 0.573. The normalized spacial score (nSPS) is 13.8. The maximum atomic E-state index is 12.4. The van der Waals surface area contributed by atoms with Gasteiger partial charge in [-0.2, -0.15) is 0 Å². The highest BCUT2D eigenvalue weighted by atomic mass is 35.5. The van der Waals surface area contributed by atoms with Crippen molar-refractivity contribution in [2.24, 2.45) is 5.92 Å². The number of nitrogens with one attached hydrogen (secondary N) is 2. The van der Waals surface area contributed by atoms with E-state index in [1.165, 1.54) is 0 Å². The number of thiocarbonyl (C=S) groups is 1. The van der Waals surface area contributed by atoms with E-state index in [-0.39, 0.29) is 16.9 Å². The molecule has 1 aliphatic heterocycles. The fourth-order valence-corrected chi connectivity index (χ4v) is 3.85. The highest BCUT2D eigenvalue weighted by Gasteiger charge is 2.23. The second-order valence-corrected chi connectivity index (χ2v) is 8.75. The second-order valence-electron chi connectivity index (χ2n) is 7.90. The van der Waals surface area contributed by atoms with E-state index < -0.39 is 0 Å². The number of piperazine rings is 1. The van der Waals surface area contributed by atoms with Crippen LogP contribution < -0.4 is 15.5 Å². The summed E-state index contributed by atoms with van der Waals surface area (Å²) >= 11 is 11.6. The van der Waals surface area contributed by atoms with E-state index >= 15 is 0 Å². The lowest BCUT2D eigenvalue weighted by Gasteiger charge is -2.37. The molecule has 0 aliphatic carbocycles. The van der Waals surface area contributed by atoms with Crippen LogP contribution in [0.3, 0.4) is 0 Å². The number of benzene rings is 2. The van der Waals surface area contributed by atoms with Gasteiger partial charge in [-0.3, -0.25) is 14.9 Å². The van der Waals surface area contributed by atoms with Crippen LogP contribution >= 0.6 is 23.8 Å². The largest absolute Gasteiger partial charge is 0.366 e. The highest BCUT2D eigenvalue weighted by Crippen LogP contribution is 2.30. The van der Waals surface area contributed by atoms with Crippen molar-refractivity contribution in [1.82, 2.24) is 10.2 Å². The second kappa shape index (κ2) is 10.6. The van der Waals surface area contributed by atoms with Crippen LogP contribution in [0.1, 0.15) is 30.6 Å². The lowest BCUT2D eigenvalue weighted by atomic mass is 10.1. The molecule has 0 saturated carbocycles. The van der Waals surface area contributed by atoms with Crippen molar-refractivity contribution in [2.45, 2.75) is 20.3 Å². The van der Waals surface area contributed by atoms with Crippen molar-refractivity contribution in [3.8, 4) is 0 Å². The molecule has 2 amide bonds. The summed E-state index contributed by atoms with van der Waals surface area (Å²) in [6, 6.07) is 14.4. The minimum absolute atomic E-state index is 0.197. The molecule has 0 unspecified atom stereocenters. The zero-order chi connectivity index (χ0) is 22.4. The van der Waals surface area contributed by atoms with Gasteiger partial charge in [0, 0.05) is 43.2 Å². The first kappa shape index (κ1) is 23.0. The number of halogens is 1. The van der Waals surface area contributed by atoms with Gasteiger partial charge in [-0.15, -0.1) is 0 Å². The summed E-state index contributed by atoms with van der Waals surface area (Å²) in [4.78, 5) is 28.8. The molecule has 0 radical (unpaired) electrons. The van der Waals surface area contributed by atoms with Crippen LogP contribution in [0.4, 0.5) is 11.4 Å². The molecule has 8 heteroatoms. The summed E-state index contributed by atoms with van der Waals surface area (Å²) in [6.45, 7) is 6.87. The molecule has 164 valence electrons. The zero-order valence-corrected chi connectivity index (χ0v) is 19.3. The fourth-order valence-electron chi connectivity index (χ4n) is 3.48. The van der Waals surface area contributed by atoms with Crippen LogP contribution in [0.15, 0.2) is 48.5 Å². The Morgan fingerprint density at radius 3 is 2.39 bits per heavy atom. The van der Waals surface area contributed by atoms with Gasteiger partial charge in [0.15, 0.2) is 5.11 Å². The molecule has 2 aromatic rings. The van der Waals surface area contributed by atoms with Crippen molar-refractivity contribution in [1.29, 1.82) is 0 Å². The van der Waals surface area contributed by atoms with Gasteiger partial charge < -0.3 is 15.1 Å². The maximum absolute atomic E-state index is 12.4. The van der Waals surface area contributed by atoms with Crippen molar-refractivity contribution in [3.63, 3.8) is 0 Å². The smallest absolute Gasteiger partial charge is 0.257 e. The number of nitrogens with zero attached hydrogens (tertiary/aromatic N) is 2. The molecule has 2 N–H and O–H groups in total. The number of anilines is 2. The average molecular weight is 459 g/mol. The summed E-state index contributed by atoms with van der Waals surface area (Å²) in [5.74, 6) is 0.276. The van der Waals surface area contributed by atoms with Crippen LogP contribution in [0.2, 0.25) is 5.02 Å². The Kier molecular flexibility index (Phi) is 7.87. The van der Waals surface area contributed by atoms with E-state index in [1.54, 1.807) is 30.3 Å². The van der Waals surface area contributed by atoms with Crippen molar-refractivity contribution in [3.05, 3.63) is 59.1 Å². The Morgan fingerprint density at radius 1 is 1.06 bits per heavy atom. The van der Waals surface area contributed by atoms with Gasteiger partial charge in [0.1, 0.15) is 0 Å². The van der Waals surface area contributed by atoms with Gasteiger partial charge in [-0.05, 0) is 48.5 Å². The molecule has 0 aromatic heterocycles. The zero-order valence-electron chi connectivity index (χ0n) is 17.7. The molecule has 6 nitrogen and oxygen atoms in total. The molecule has 3 rings (SSSR count). The standard InChI is InChI=1S/C23H27ClN4O2S/c1-16(2)14-21(29)28-12-10-27(11-13-28)20-9-8-18(24)15-19(20)25-23(31)26-22(30)17-6-4-3-5-7-17/h3-9,15-16H,10-14H2,1-2H3,(H2,25,26,30,31). The van der Waals surface area contributed by atoms with Gasteiger partial charge in [-0.1, -0.05) is 43.6 Å². The molecule has 2 aromatic carbocycles. The number of hydrogen-bond donors (Lipinski definition) is 2. The quantitative estimate of drug-likeness (QED) is 0.658. The molecule has 1 aliphatic rings. The topological polar surface area (TPSA) is 64.7 Å². The van der Waals surface area contributed by atoms with E-state index in [0.717, 1.165) is 5.69 Å². The van der Waals surface area contributed by atoms with E-state index in [1.807, 2.05) is 23.1 Å². The van der Waals surface area contributed by atoms with Crippen LogP contribution in [-0.2, 0) is 4.79 Å². The molecule has 1 fully saturated rings. The first-order valence-electron chi connectivity index (χ1n) is 10.3. The minimum Gasteiger partial charge on any atom is -0.366 e. The summed E-state index contributed by atoms with van der Waals surface area (Å²) < 4.78 is 0. The SMILES string of the molecule is CC(C)CC(=O)N1CCN(c2ccc(Cl)cc2NC(=S)NC(=O)c2ccccc2)CC1. The number of amides is 2. The van der Waals surface area contributed by atoms with Crippen molar-refractivity contribution in [2.75, 3.05) is 36.4 Å². The molecule has 1 saturated heterocycles. The Hall–Kier alpha value is -2.64. The summed E-state index contributed by atoms with van der Waals surface area (Å²) in [5.41, 5.74) is 2.17. The van der Waals surface area contributed by atoms with Crippen molar-refractivity contribution >= 4 is 52.1 Å². The van der Waals surface area contributed by atoms with Gasteiger partial charge >= 0.3 is 0 Å². The van der Waals surface area contributed by atoms with Crippen LogP contribution in [0.25, 0.3) is 0 Å². The third kappa shape index (κ3) is 6.42. The van der Waals surface area contributed by atoms with Crippen LogP contribution in [-0.4, -0.2) is 48.0 Å². The fraction of sp³-hybridized carbons (Fsp3) is 0.348. The molecule has 31 heavy (non-hydrogen) atoms. The van der Waals surface area contributed by atoms with Gasteiger partial charge in [-0.25, -0.2) is 0 Å². The third-order valence-corrected chi connectivity index (χ3v) is 5.46. The third-order valence-electron chi connectivity index (χ3n) is 5.03. The molecular weight excluding hydrogens is 432 g/mol. The Balaban J connectivity index is 1.65. The Morgan fingerprint density at radius 2 is 1.74 bits per heavy atom. The van der Waals surface area contributed by atoms with Gasteiger partial charge in [0.2, 0.25) is 5.91 Å². The number of hydrogen-bond acceptors (Lipinski definition) is 4. The first-order valence-corrected chi connectivity index (χ1v) is 11.1. The Bertz CT molecular complexity index is 944. The lowest BCUT2D eigenvalue weighted by molar-refractivity contribution is -0.132. The minimum atomic E-state index is -0.279. The average Bonchev–Trinajstić information content (AvgIpc) is 2.74. The molecule has 0 atom stereocenters. The Labute approximate surface area is 193 Å². The number of carbonyl (C=O) groups is 2. The van der Waals surface area contributed by atoms with E-state index in [9.17, 15) is 9.59 Å². The van der Waals surface area contributed by atoms with E-state index in [0.29, 0.717) is 54.8 Å². The van der Waals surface area contributed by atoms with Gasteiger partial charge in [0.05, 0.1) is 11.4 Å². The predicted molar refractivity (Wildman–Crippen MR) is 130 cm³/mol. The number of rotatable bonds is 5. The number of carbonyl (C=O) groups excluding carboxylic acids is 2. The lowest BCUT2D eigenvalue weighted by Crippen LogP contribution is -2.49. The van der Waals surface area contributed by atoms with Gasteiger partial charge in [0.25, 0.3) is 5.91 Å². The molecule has 0 bridgehead atoms. The maximum Gasteiger partial charge on any atom is 0.257 e. The van der Waals surface area contributed by atoms with Crippen LogP contribution in [0, 0.1) is 5.92 Å². The first-order chi connectivity index (χ1) is 14.8. The molecular formula is C23H27ClN4O2S. The summed E-state index contributed by atoms with van der Waals surface area (Å²) in [5, 5.41) is 6.56. The van der Waals surface area contributed by atoms with E-state index in [2.05, 4.69) is 29.4 Å². The monoisotopic (exact) mass is 458 g/mol. The van der Waals surface area contributed by atoms with Crippen molar-refractivity contribution < 1.29 is 9.59 Å². The summed E-state index contributed by atoms with van der Waals surface area (Å²) in [7, 11) is 0. The van der Waals surface area contributed by atoms with E-state index in [4.69, 9.17) is 23.8 Å². The van der Waals surface area contributed by atoms with Crippen LogP contribution in [0.5, 0.6) is 0 Å². The molecule has 1 heterocycles. The molecule has 0 spiro atoms.